The van der Waals surface area contributed by atoms with Crippen molar-refractivity contribution < 1.29 is 48.9 Å². The first-order valence-electron chi connectivity index (χ1n) is 15.1. The number of fused-ring (bicyclic) bond motifs is 2. The number of benzene rings is 3. The zero-order valence-corrected chi connectivity index (χ0v) is 28.4. The van der Waals surface area contributed by atoms with Gasteiger partial charge in [0.2, 0.25) is 0 Å². The second-order valence-corrected chi connectivity index (χ2v) is 11.5. The third-order valence-electron chi connectivity index (χ3n) is 7.72. The van der Waals surface area contributed by atoms with E-state index in [2.05, 4.69) is 16.0 Å². The molecule has 0 aliphatic rings. The van der Waals surface area contributed by atoms with Crippen LogP contribution in [-0.2, 0) is 30.3 Å². The molecule has 4 aromatic rings. The van der Waals surface area contributed by atoms with Crippen molar-refractivity contribution in [2.45, 2.75) is 79.6 Å². The number of hydrogen-bond donors (Lipinski definition) is 1. The Hall–Kier alpha value is -3.16. The van der Waals surface area contributed by atoms with Gasteiger partial charge in [0.15, 0.2) is 29.1 Å². The summed E-state index contributed by atoms with van der Waals surface area (Å²) >= 11 is 0. The second kappa shape index (κ2) is 15.7. The van der Waals surface area contributed by atoms with Crippen molar-refractivity contribution in [3.63, 3.8) is 0 Å². The van der Waals surface area contributed by atoms with E-state index in [0.29, 0.717) is 5.39 Å². The van der Waals surface area contributed by atoms with Gasteiger partial charge >= 0.3 is 0 Å². The third-order valence-corrected chi connectivity index (χ3v) is 7.72. The first kappa shape index (κ1) is 35.3. The van der Waals surface area contributed by atoms with Crippen molar-refractivity contribution in [1.29, 1.82) is 0 Å². The minimum absolute atomic E-state index is 0. The predicted molar refractivity (Wildman–Crippen MR) is 164 cm³/mol. The fourth-order valence-corrected chi connectivity index (χ4v) is 5.07. The van der Waals surface area contributed by atoms with Crippen molar-refractivity contribution in [2.24, 2.45) is 11.8 Å². The predicted octanol–water partition coefficient (Wildman–Crippen LogP) is 9.97. The summed E-state index contributed by atoms with van der Waals surface area (Å²) in [5.41, 5.74) is -0.207. The van der Waals surface area contributed by atoms with E-state index in [9.17, 15) is 27.5 Å². The molecule has 0 atom stereocenters. The van der Waals surface area contributed by atoms with Crippen molar-refractivity contribution in [3.8, 4) is 11.3 Å². The van der Waals surface area contributed by atoms with Gasteiger partial charge in [0.25, 0.3) is 0 Å². The number of rotatable bonds is 8. The summed E-state index contributed by atoms with van der Waals surface area (Å²) in [5.74, 6) is -6.64. The number of aliphatic hydroxyl groups excluding tert-OH is 1. The maximum absolute atomic E-state index is 14.6. The molecule has 0 saturated heterocycles. The Balaban J connectivity index is 0.000000378. The smallest absolute Gasteiger partial charge is 0.199 e. The van der Waals surface area contributed by atoms with Crippen LogP contribution in [0.15, 0.2) is 48.5 Å². The van der Waals surface area contributed by atoms with Gasteiger partial charge in [-0.1, -0.05) is 77.6 Å². The number of hydrogen-bond acceptors (Lipinski definition) is 4. The number of aromatic nitrogens is 2. The van der Waals surface area contributed by atoms with Crippen LogP contribution < -0.4 is 0 Å². The quantitative estimate of drug-likeness (QED) is 0.0483. The fraction of sp³-hybridized carbons (Fsp3) is 0.400. The molecule has 0 saturated carbocycles. The summed E-state index contributed by atoms with van der Waals surface area (Å²) < 4.78 is 64.3. The van der Waals surface area contributed by atoms with E-state index in [4.69, 9.17) is 1.37 Å². The molecular weight excluding hydrogens is 749 g/mol. The normalized spacial score (nSPS) is 12.3. The number of carbonyl (C=O) groups is 1. The molecule has 1 N–H and O–H groups in total. The summed E-state index contributed by atoms with van der Waals surface area (Å²) in [6, 6.07) is 12.2. The molecule has 44 heavy (non-hydrogen) atoms. The van der Waals surface area contributed by atoms with Crippen LogP contribution in [-0.4, -0.2) is 20.9 Å². The summed E-state index contributed by atoms with van der Waals surface area (Å²) in [4.78, 5) is 19.1. The molecule has 0 amide bonds. The average molecular weight is 789 g/mol. The number of aliphatic hydroxyl groups is 1. The monoisotopic (exact) mass is 789 g/mol. The number of halogens is 4. The summed E-state index contributed by atoms with van der Waals surface area (Å²) in [5, 5.41) is 10.7. The van der Waals surface area contributed by atoms with Gasteiger partial charge in [0, 0.05) is 49.1 Å². The number of nitrogens with zero attached hydrogens (tertiary/aromatic N) is 2. The zero-order valence-electron chi connectivity index (χ0n) is 27.0. The fourth-order valence-electron chi connectivity index (χ4n) is 5.07. The van der Waals surface area contributed by atoms with E-state index in [1.807, 2.05) is 60.6 Å². The first-order valence-corrected chi connectivity index (χ1v) is 14.6. The van der Waals surface area contributed by atoms with Gasteiger partial charge in [-0.25, -0.2) is 22.5 Å². The minimum Gasteiger partial charge on any atom is -0.512 e. The van der Waals surface area contributed by atoms with Crippen molar-refractivity contribution >= 4 is 27.5 Å². The Morgan fingerprint density at radius 2 is 1.50 bits per heavy atom. The Morgan fingerprint density at radius 3 is 2.07 bits per heavy atom. The Kier molecular flexibility index (Phi) is 12.6. The topological polar surface area (TPSA) is 63.1 Å². The molecule has 3 aromatic carbocycles. The van der Waals surface area contributed by atoms with Crippen LogP contribution in [0.3, 0.4) is 0 Å². The average Bonchev–Trinajstić information content (AvgIpc) is 2.99. The summed E-state index contributed by atoms with van der Waals surface area (Å²) in [6.45, 7) is 14.0. The molecule has 0 fully saturated rings. The van der Waals surface area contributed by atoms with Gasteiger partial charge in [-0.15, -0.1) is 29.1 Å². The minimum atomic E-state index is -1.98. The molecule has 0 aliphatic heterocycles. The van der Waals surface area contributed by atoms with Crippen LogP contribution in [0.25, 0.3) is 32.9 Å². The van der Waals surface area contributed by atoms with Crippen molar-refractivity contribution in [3.05, 3.63) is 83.4 Å². The number of carbonyl (C=O) groups excluding carboxylic acids is 1. The number of ketones is 1. The largest absolute Gasteiger partial charge is 0.512 e. The number of allylic oxidation sites excluding steroid dienone is 2. The Bertz CT molecular complexity index is 1700. The third kappa shape index (κ3) is 7.91. The van der Waals surface area contributed by atoms with Gasteiger partial charge in [0.05, 0.1) is 5.76 Å². The molecule has 4 rings (SSSR count). The van der Waals surface area contributed by atoms with E-state index >= 15 is 0 Å². The molecule has 239 valence electrons. The molecule has 9 heteroatoms. The van der Waals surface area contributed by atoms with Crippen LogP contribution in [0, 0.1) is 41.2 Å². The standard InChI is InChI=1S/C22H15F4N2.C13H24O2.Ir/c1-22(2,3)14-9-12(8-11-6-4-5-7-13(11)14)20-15-16(23)17(24)18(25)19(26)21(15)28-10-27-20;1-5-10(6-2)12(14)9-13(15)11(7-3)8-4;/h4-7,9-10H,1-3H3;9-11,14H,5-8H2,1-4H3;/q-1;;/b;12-9-;/i10D;;. The van der Waals surface area contributed by atoms with Crippen LogP contribution in [0.1, 0.15) is 81.1 Å². The van der Waals surface area contributed by atoms with Crippen LogP contribution >= 0.6 is 0 Å². The van der Waals surface area contributed by atoms with E-state index in [1.54, 1.807) is 18.2 Å². The Labute approximate surface area is 271 Å². The maximum atomic E-state index is 14.6. The van der Waals surface area contributed by atoms with Crippen molar-refractivity contribution in [1.82, 2.24) is 9.97 Å². The SMILES string of the molecule is CCC(CC)C(=O)/C=C(\O)C(CC)CC.[2H]c1nc(-c2[c-]c3ccccc3c(C(C)(C)C)c2)c2c(F)c(F)c(F)c(F)c2n1.[Ir]. The van der Waals surface area contributed by atoms with E-state index in [0.717, 1.165) is 36.6 Å². The zero-order chi connectivity index (χ0) is 32.9. The van der Waals surface area contributed by atoms with Gasteiger partial charge < -0.3 is 5.11 Å². The van der Waals surface area contributed by atoms with Crippen LogP contribution in [0.2, 0.25) is 0 Å². The van der Waals surface area contributed by atoms with Crippen LogP contribution in [0.4, 0.5) is 17.6 Å². The summed E-state index contributed by atoms with van der Waals surface area (Å²) in [7, 11) is 0. The molecule has 0 aliphatic carbocycles. The van der Waals surface area contributed by atoms with E-state index in [-0.39, 0.29) is 60.2 Å². The van der Waals surface area contributed by atoms with Gasteiger partial charge in [0.1, 0.15) is 13.2 Å². The van der Waals surface area contributed by atoms with Gasteiger partial charge in [-0.3, -0.25) is 9.78 Å². The van der Waals surface area contributed by atoms with Crippen LogP contribution in [0.5, 0.6) is 0 Å². The molecule has 0 bridgehead atoms. The summed E-state index contributed by atoms with van der Waals surface area (Å²) in [6.07, 6.45) is 4.26. The Morgan fingerprint density at radius 1 is 0.932 bits per heavy atom. The van der Waals surface area contributed by atoms with E-state index in [1.165, 1.54) is 6.08 Å². The first-order chi connectivity index (χ1) is 20.7. The molecular formula is C35H39F4IrN2O2-. The van der Waals surface area contributed by atoms with Gasteiger partial charge in [-0.2, -0.15) is 0 Å². The van der Waals surface area contributed by atoms with Gasteiger partial charge in [-0.05, 0) is 31.1 Å². The molecule has 0 unspecified atom stereocenters. The molecule has 1 radical (unpaired) electrons. The molecule has 1 heterocycles. The molecule has 4 nitrogen and oxygen atoms in total. The second-order valence-electron chi connectivity index (χ2n) is 11.5. The molecule has 1 aromatic heterocycles. The maximum Gasteiger partial charge on any atom is 0.199 e. The van der Waals surface area contributed by atoms with Crippen molar-refractivity contribution in [2.75, 3.05) is 0 Å². The van der Waals surface area contributed by atoms with E-state index < -0.39 is 40.5 Å². The molecule has 0 spiro atoms.